The number of hydrogen-bond donors (Lipinski definition) is 3. The lowest BCUT2D eigenvalue weighted by Gasteiger charge is -2.10. The van der Waals surface area contributed by atoms with E-state index in [1.165, 1.54) is 24.5 Å². The Hall–Kier alpha value is -2.89. The first-order valence-corrected chi connectivity index (χ1v) is 6.18. The number of anilines is 1. The highest BCUT2D eigenvalue weighted by Crippen LogP contribution is 2.21. The standard InChI is InChI=1S/C15H14N2O4/c1-8-3-11(5-13(9(8)2)15(20)21)17-14(19)10-4-12(18)7-16-6-10/h3-7,18H,1-2H3,(H,17,19)(H,20,21). The largest absolute Gasteiger partial charge is 0.506 e. The SMILES string of the molecule is Cc1cc(NC(=O)c2cncc(O)c2)cc(C(=O)O)c1C. The molecule has 1 aromatic heterocycles. The molecular weight excluding hydrogens is 272 g/mol. The molecule has 2 aromatic rings. The second kappa shape index (κ2) is 5.62. The Morgan fingerprint density at radius 3 is 2.48 bits per heavy atom. The highest BCUT2D eigenvalue weighted by atomic mass is 16.4. The molecule has 0 saturated carbocycles. The lowest BCUT2D eigenvalue weighted by molar-refractivity contribution is 0.0695. The topological polar surface area (TPSA) is 99.5 Å². The molecule has 0 fully saturated rings. The Bertz CT molecular complexity index is 726. The fourth-order valence-electron chi connectivity index (χ4n) is 1.91. The van der Waals surface area contributed by atoms with E-state index in [9.17, 15) is 14.7 Å². The maximum Gasteiger partial charge on any atom is 0.336 e. The van der Waals surface area contributed by atoms with E-state index < -0.39 is 11.9 Å². The van der Waals surface area contributed by atoms with Crippen LogP contribution >= 0.6 is 0 Å². The van der Waals surface area contributed by atoms with Crippen LogP contribution in [0.15, 0.2) is 30.6 Å². The fourth-order valence-corrected chi connectivity index (χ4v) is 1.91. The van der Waals surface area contributed by atoms with Gasteiger partial charge in [0.15, 0.2) is 0 Å². The molecule has 6 heteroatoms. The van der Waals surface area contributed by atoms with E-state index in [4.69, 9.17) is 5.11 Å². The van der Waals surface area contributed by atoms with Crippen molar-refractivity contribution in [2.45, 2.75) is 13.8 Å². The third-order valence-corrected chi connectivity index (χ3v) is 3.14. The number of aromatic hydroxyl groups is 1. The quantitative estimate of drug-likeness (QED) is 0.804. The molecule has 108 valence electrons. The monoisotopic (exact) mass is 286 g/mol. The molecule has 2 rings (SSSR count). The summed E-state index contributed by atoms with van der Waals surface area (Å²) in [5.74, 6) is -1.64. The lowest BCUT2D eigenvalue weighted by atomic mass is 10.0. The predicted molar refractivity (Wildman–Crippen MR) is 76.7 cm³/mol. The molecule has 0 bridgehead atoms. The van der Waals surface area contributed by atoms with Crippen LogP contribution in [0, 0.1) is 13.8 Å². The summed E-state index contributed by atoms with van der Waals surface area (Å²) in [6.45, 7) is 3.48. The average Bonchev–Trinajstić information content (AvgIpc) is 2.42. The summed E-state index contributed by atoms with van der Waals surface area (Å²) in [5, 5.41) is 21.0. The summed E-state index contributed by atoms with van der Waals surface area (Å²) in [5.41, 5.74) is 2.12. The van der Waals surface area contributed by atoms with E-state index in [0.29, 0.717) is 11.3 Å². The summed E-state index contributed by atoms with van der Waals surface area (Å²) in [4.78, 5) is 26.9. The number of carbonyl (C=O) groups excluding carboxylic acids is 1. The molecule has 0 saturated heterocycles. The molecule has 0 aliphatic heterocycles. The Kier molecular flexibility index (Phi) is 3.89. The van der Waals surface area contributed by atoms with Crippen molar-refractivity contribution < 1.29 is 19.8 Å². The number of carboxylic acid groups (broad SMARTS) is 1. The predicted octanol–water partition coefficient (Wildman–Crippen LogP) is 2.35. The van der Waals surface area contributed by atoms with E-state index in [1.54, 1.807) is 19.9 Å². The van der Waals surface area contributed by atoms with Gasteiger partial charge in [0.25, 0.3) is 5.91 Å². The zero-order valence-corrected chi connectivity index (χ0v) is 11.5. The van der Waals surface area contributed by atoms with E-state index in [2.05, 4.69) is 10.3 Å². The number of aromatic nitrogens is 1. The molecule has 0 unspecified atom stereocenters. The molecule has 0 aliphatic carbocycles. The van der Waals surface area contributed by atoms with Gasteiger partial charge in [-0.3, -0.25) is 9.78 Å². The number of pyridine rings is 1. The summed E-state index contributed by atoms with van der Waals surface area (Å²) in [6.07, 6.45) is 2.53. The second-order valence-electron chi connectivity index (χ2n) is 4.66. The van der Waals surface area contributed by atoms with Crippen LogP contribution in [0.4, 0.5) is 5.69 Å². The van der Waals surface area contributed by atoms with Gasteiger partial charge in [0, 0.05) is 11.9 Å². The number of nitrogens with zero attached hydrogens (tertiary/aromatic N) is 1. The number of rotatable bonds is 3. The fraction of sp³-hybridized carbons (Fsp3) is 0.133. The second-order valence-corrected chi connectivity index (χ2v) is 4.66. The van der Waals surface area contributed by atoms with Crippen molar-refractivity contribution in [3.05, 3.63) is 52.8 Å². The van der Waals surface area contributed by atoms with Crippen molar-refractivity contribution in [1.82, 2.24) is 4.98 Å². The van der Waals surface area contributed by atoms with Crippen LogP contribution in [-0.2, 0) is 0 Å². The van der Waals surface area contributed by atoms with Gasteiger partial charge in [0.1, 0.15) is 5.75 Å². The van der Waals surface area contributed by atoms with Crippen LogP contribution in [0.1, 0.15) is 31.8 Å². The van der Waals surface area contributed by atoms with Crippen molar-refractivity contribution in [1.29, 1.82) is 0 Å². The number of hydrogen-bond acceptors (Lipinski definition) is 4. The van der Waals surface area contributed by atoms with Crippen LogP contribution in [0.25, 0.3) is 0 Å². The molecular formula is C15H14N2O4. The number of carbonyl (C=O) groups is 2. The van der Waals surface area contributed by atoms with Crippen LogP contribution in [0.2, 0.25) is 0 Å². The van der Waals surface area contributed by atoms with Crippen molar-refractivity contribution in [3.63, 3.8) is 0 Å². The molecule has 0 spiro atoms. The van der Waals surface area contributed by atoms with Gasteiger partial charge in [0.2, 0.25) is 0 Å². The normalized spacial score (nSPS) is 10.2. The third-order valence-electron chi connectivity index (χ3n) is 3.14. The third kappa shape index (κ3) is 3.17. The van der Waals surface area contributed by atoms with Crippen LogP contribution in [0.3, 0.4) is 0 Å². The van der Waals surface area contributed by atoms with E-state index >= 15 is 0 Å². The average molecular weight is 286 g/mol. The summed E-state index contributed by atoms with van der Waals surface area (Å²) >= 11 is 0. The smallest absolute Gasteiger partial charge is 0.336 e. The first kappa shape index (κ1) is 14.5. The van der Waals surface area contributed by atoms with Crippen molar-refractivity contribution in [2.75, 3.05) is 5.32 Å². The maximum absolute atomic E-state index is 12.0. The Labute approximate surface area is 121 Å². The van der Waals surface area contributed by atoms with E-state index in [1.807, 2.05) is 0 Å². The zero-order chi connectivity index (χ0) is 15.6. The Morgan fingerprint density at radius 1 is 1.14 bits per heavy atom. The number of amides is 1. The van der Waals surface area contributed by atoms with Gasteiger partial charge in [-0.25, -0.2) is 4.79 Å². The van der Waals surface area contributed by atoms with E-state index in [0.717, 1.165) is 5.56 Å². The minimum absolute atomic E-state index is 0.117. The maximum atomic E-state index is 12.0. The van der Waals surface area contributed by atoms with Gasteiger partial charge in [0.05, 0.1) is 17.3 Å². The van der Waals surface area contributed by atoms with Gasteiger partial charge in [-0.15, -0.1) is 0 Å². The summed E-state index contributed by atoms with van der Waals surface area (Å²) in [6, 6.07) is 4.37. The molecule has 21 heavy (non-hydrogen) atoms. The number of nitrogens with one attached hydrogen (secondary N) is 1. The number of aryl methyl sites for hydroxylation is 1. The van der Waals surface area contributed by atoms with Gasteiger partial charge in [-0.1, -0.05) is 0 Å². The van der Waals surface area contributed by atoms with Gasteiger partial charge < -0.3 is 15.5 Å². The number of carboxylic acids is 1. The molecule has 0 aliphatic rings. The number of benzene rings is 1. The summed E-state index contributed by atoms with van der Waals surface area (Å²) in [7, 11) is 0. The molecule has 1 heterocycles. The number of aromatic carboxylic acids is 1. The van der Waals surface area contributed by atoms with Gasteiger partial charge in [-0.2, -0.15) is 0 Å². The van der Waals surface area contributed by atoms with Crippen LogP contribution < -0.4 is 5.32 Å². The highest BCUT2D eigenvalue weighted by Gasteiger charge is 2.13. The minimum atomic E-state index is -1.05. The molecule has 1 amide bonds. The van der Waals surface area contributed by atoms with Crippen LogP contribution in [-0.4, -0.2) is 27.1 Å². The Morgan fingerprint density at radius 2 is 1.86 bits per heavy atom. The van der Waals surface area contributed by atoms with Crippen molar-refractivity contribution in [2.24, 2.45) is 0 Å². The highest BCUT2D eigenvalue weighted by molar-refractivity contribution is 6.05. The molecule has 1 aromatic carbocycles. The minimum Gasteiger partial charge on any atom is -0.506 e. The lowest BCUT2D eigenvalue weighted by Crippen LogP contribution is -2.13. The van der Waals surface area contributed by atoms with Crippen LogP contribution in [0.5, 0.6) is 5.75 Å². The van der Waals surface area contributed by atoms with Crippen molar-refractivity contribution in [3.8, 4) is 5.75 Å². The molecule has 6 nitrogen and oxygen atoms in total. The van der Waals surface area contributed by atoms with Gasteiger partial charge in [-0.05, 0) is 43.2 Å². The molecule has 0 radical (unpaired) electrons. The first-order valence-electron chi connectivity index (χ1n) is 6.18. The first-order chi connectivity index (χ1) is 9.88. The van der Waals surface area contributed by atoms with E-state index in [-0.39, 0.29) is 16.9 Å². The van der Waals surface area contributed by atoms with Crippen molar-refractivity contribution >= 4 is 17.6 Å². The Balaban J connectivity index is 2.32. The molecule has 3 N–H and O–H groups in total. The summed E-state index contributed by atoms with van der Waals surface area (Å²) < 4.78 is 0. The molecule has 0 atom stereocenters. The zero-order valence-electron chi connectivity index (χ0n) is 11.5. The van der Waals surface area contributed by atoms with Gasteiger partial charge >= 0.3 is 5.97 Å².